The number of hydrogen-bond acceptors (Lipinski definition) is 4. The number of carboxylic acids is 1. The molecule has 0 bridgehead atoms. The topological polar surface area (TPSA) is 88.5 Å². The molecule has 0 aliphatic carbocycles. The number of amides is 1. The lowest BCUT2D eigenvalue weighted by Gasteiger charge is -2.08. The fraction of sp³-hybridized carbons (Fsp3) is 0.300. The van der Waals surface area contributed by atoms with Crippen LogP contribution in [0.3, 0.4) is 0 Å². The predicted molar refractivity (Wildman–Crippen MR) is 55.4 cm³/mol. The highest BCUT2D eigenvalue weighted by Crippen LogP contribution is 2.06. The molecule has 0 fully saturated rings. The summed E-state index contributed by atoms with van der Waals surface area (Å²) in [6, 6.07) is 2.10. The number of nitrogens with one attached hydrogen (secondary N) is 1. The van der Waals surface area contributed by atoms with E-state index in [1.807, 2.05) is 0 Å². The number of carbonyl (C=O) groups is 2. The van der Waals surface area contributed by atoms with Crippen molar-refractivity contribution in [3.8, 4) is 5.88 Å². The van der Waals surface area contributed by atoms with Crippen molar-refractivity contribution in [1.82, 2.24) is 10.3 Å². The minimum Gasteiger partial charge on any atom is -0.481 e. The van der Waals surface area contributed by atoms with Crippen molar-refractivity contribution < 1.29 is 19.4 Å². The lowest BCUT2D eigenvalue weighted by molar-refractivity contribution is -0.138. The predicted octanol–water partition coefficient (Wildman–Crippen LogP) is 0.293. The van der Waals surface area contributed by atoms with Crippen LogP contribution in [-0.2, 0) is 4.79 Å². The number of nitrogens with zero attached hydrogens (tertiary/aromatic N) is 1. The molecule has 0 radical (unpaired) electrons. The van der Waals surface area contributed by atoms with Gasteiger partial charge in [0.25, 0.3) is 5.91 Å². The van der Waals surface area contributed by atoms with Gasteiger partial charge in [-0.05, 0) is 13.0 Å². The van der Waals surface area contributed by atoms with Crippen LogP contribution < -0.4 is 10.1 Å². The first-order valence-electron chi connectivity index (χ1n) is 4.58. The summed E-state index contributed by atoms with van der Waals surface area (Å²) in [5, 5.41) is 10.9. The van der Waals surface area contributed by atoms with Gasteiger partial charge in [-0.2, -0.15) is 0 Å². The minimum atomic E-state index is -1.09. The van der Waals surface area contributed by atoms with Gasteiger partial charge in [0.05, 0.1) is 12.7 Å². The fourth-order valence-corrected chi connectivity index (χ4v) is 0.977. The third kappa shape index (κ3) is 2.94. The summed E-state index contributed by atoms with van der Waals surface area (Å²) in [6.07, 6.45) is 1.32. The second kappa shape index (κ2) is 5.11. The molecule has 0 unspecified atom stereocenters. The van der Waals surface area contributed by atoms with E-state index in [1.165, 1.54) is 32.4 Å². The van der Waals surface area contributed by atoms with Gasteiger partial charge in [-0.25, -0.2) is 4.98 Å². The van der Waals surface area contributed by atoms with Crippen LogP contribution in [0.15, 0.2) is 18.3 Å². The number of carbonyl (C=O) groups excluding carboxylic acids is 1. The Bertz CT molecular complexity index is 388. The zero-order valence-corrected chi connectivity index (χ0v) is 8.93. The highest BCUT2D eigenvalue weighted by molar-refractivity contribution is 5.96. The van der Waals surface area contributed by atoms with E-state index in [0.29, 0.717) is 5.88 Å². The molecule has 1 aromatic rings. The van der Waals surface area contributed by atoms with Gasteiger partial charge in [0.2, 0.25) is 5.88 Å². The molecule has 1 amide bonds. The first-order chi connectivity index (χ1) is 7.54. The van der Waals surface area contributed by atoms with Crippen LogP contribution >= 0.6 is 0 Å². The summed E-state index contributed by atoms with van der Waals surface area (Å²) < 4.78 is 4.83. The molecular weight excluding hydrogens is 212 g/mol. The number of ether oxygens (including phenoxy) is 1. The van der Waals surface area contributed by atoms with Crippen LogP contribution in [0.5, 0.6) is 5.88 Å². The Labute approximate surface area is 92.3 Å². The molecule has 0 aliphatic heterocycles. The lowest BCUT2D eigenvalue weighted by atomic mass is 10.2. The maximum atomic E-state index is 11.5. The average molecular weight is 224 g/mol. The van der Waals surface area contributed by atoms with Crippen molar-refractivity contribution in [2.75, 3.05) is 7.11 Å². The second-order valence-corrected chi connectivity index (χ2v) is 3.12. The highest BCUT2D eigenvalue weighted by atomic mass is 16.5. The molecule has 0 spiro atoms. The second-order valence-electron chi connectivity index (χ2n) is 3.12. The van der Waals surface area contributed by atoms with Crippen molar-refractivity contribution in [2.24, 2.45) is 0 Å². The zero-order valence-electron chi connectivity index (χ0n) is 8.93. The van der Waals surface area contributed by atoms with Crippen LogP contribution in [0.2, 0.25) is 0 Å². The van der Waals surface area contributed by atoms with Gasteiger partial charge in [0.15, 0.2) is 0 Å². The molecule has 2 N–H and O–H groups in total. The Morgan fingerprint density at radius 3 is 2.62 bits per heavy atom. The zero-order chi connectivity index (χ0) is 12.1. The van der Waals surface area contributed by atoms with Crippen LogP contribution in [0, 0.1) is 0 Å². The third-order valence-electron chi connectivity index (χ3n) is 1.93. The number of methoxy groups -OCH3 is 1. The number of aromatic nitrogens is 1. The van der Waals surface area contributed by atoms with Crippen LogP contribution in [0.1, 0.15) is 17.3 Å². The smallest absolute Gasteiger partial charge is 0.325 e. The van der Waals surface area contributed by atoms with Gasteiger partial charge in [0.1, 0.15) is 6.04 Å². The molecule has 1 heterocycles. The van der Waals surface area contributed by atoms with Crippen molar-refractivity contribution in [1.29, 1.82) is 0 Å². The summed E-state index contributed by atoms with van der Waals surface area (Å²) in [5.41, 5.74) is 0.286. The normalized spacial score (nSPS) is 11.6. The molecule has 6 heteroatoms. The van der Waals surface area contributed by atoms with Crippen molar-refractivity contribution in [3.05, 3.63) is 23.9 Å². The van der Waals surface area contributed by atoms with Gasteiger partial charge >= 0.3 is 5.97 Å². The summed E-state index contributed by atoms with van der Waals surface area (Å²) in [7, 11) is 1.47. The number of rotatable bonds is 4. The lowest BCUT2D eigenvalue weighted by Crippen LogP contribution is -2.38. The number of carboxylic acid groups (broad SMARTS) is 1. The fourth-order valence-electron chi connectivity index (χ4n) is 0.977. The monoisotopic (exact) mass is 224 g/mol. The largest absolute Gasteiger partial charge is 0.481 e. The Kier molecular flexibility index (Phi) is 3.82. The highest BCUT2D eigenvalue weighted by Gasteiger charge is 2.15. The summed E-state index contributed by atoms with van der Waals surface area (Å²) in [5.74, 6) is -1.18. The summed E-state index contributed by atoms with van der Waals surface area (Å²) >= 11 is 0. The molecule has 0 saturated heterocycles. The molecule has 1 aromatic heterocycles. The van der Waals surface area contributed by atoms with E-state index in [4.69, 9.17) is 9.84 Å². The van der Waals surface area contributed by atoms with E-state index in [0.717, 1.165) is 0 Å². The molecule has 0 aromatic carbocycles. The van der Waals surface area contributed by atoms with Crippen molar-refractivity contribution >= 4 is 11.9 Å². The molecule has 6 nitrogen and oxygen atoms in total. The van der Waals surface area contributed by atoms with Crippen LogP contribution in [0.25, 0.3) is 0 Å². The Hall–Kier alpha value is -2.11. The Morgan fingerprint density at radius 1 is 1.50 bits per heavy atom. The van der Waals surface area contributed by atoms with E-state index in [9.17, 15) is 9.59 Å². The maximum absolute atomic E-state index is 11.5. The van der Waals surface area contributed by atoms with E-state index in [-0.39, 0.29) is 5.56 Å². The summed E-state index contributed by atoms with van der Waals surface area (Å²) in [4.78, 5) is 25.9. The average Bonchev–Trinajstić information content (AvgIpc) is 2.28. The van der Waals surface area contributed by atoms with Gasteiger partial charge in [-0.3, -0.25) is 9.59 Å². The van der Waals surface area contributed by atoms with Gasteiger partial charge < -0.3 is 15.2 Å². The Morgan fingerprint density at radius 2 is 2.19 bits per heavy atom. The number of hydrogen-bond donors (Lipinski definition) is 2. The Balaban J connectivity index is 2.69. The first-order valence-corrected chi connectivity index (χ1v) is 4.58. The van der Waals surface area contributed by atoms with E-state index >= 15 is 0 Å². The molecule has 0 aliphatic rings. The molecule has 86 valence electrons. The van der Waals surface area contributed by atoms with Gasteiger partial charge in [0, 0.05) is 12.3 Å². The molecule has 1 rings (SSSR count). The molecular formula is C10H12N2O4. The summed E-state index contributed by atoms with van der Waals surface area (Å²) in [6.45, 7) is 1.39. The molecule has 1 atom stereocenters. The SMILES string of the molecule is COc1ccc(C(=O)N[C@@H](C)C(=O)O)cn1. The van der Waals surface area contributed by atoms with Crippen LogP contribution in [-0.4, -0.2) is 35.1 Å². The van der Waals surface area contributed by atoms with Gasteiger partial charge in [-0.1, -0.05) is 0 Å². The number of pyridine rings is 1. The van der Waals surface area contributed by atoms with Crippen molar-refractivity contribution in [2.45, 2.75) is 13.0 Å². The quantitative estimate of drug-likeness (QED) is 0.767. The maximum Gasteiger partial charge on any atom is 0.325 e. The van der Waals surface area contributed by atoms with Gasteiger partial charge in [-0.15, -0.1) is 0 Å². The first kappa shape index (κ1) is 12.0. The van der Waals surface area contributed by atoms with Crippen LogP contribution in [0.4, 0.5) is 0 Å². The van der Waals surface area contributed by atoms with E-state index in [2.05, 4.69) is 10.3 Å². The third-order valence-corrected chi connectivity index (χ3v) is 1.93. The number of aliphatic carboxylic acids is 1. The van der Waals surface area contributed by atoms with E-state index < -0.39 is 17.9 Å². The van der Waals surface area contributed by atoms with Crippen molar-refractivity contribution in [3.63, 3.8) is 0 Å². The minimum absolute atomic E-state index is 0.286. The standard InChI is InChI=1S/C10H12N2O4/c1-6(10(14)15)12-9(13)7-3-4-8(16-2)11-5-7/h3-6H,1-2H3,(H,12,13)(H,14,15)/t6-/m0/s1. The molecule has 0 saturated carbocycles. The molecule has 16 heavy (non-hydrogen) atoms. The van der Waals surface area contributed by atoms with E-state index in [1.54, 1.807) is 0 Å².